The smallest absolute Gasteiger partial charge is 0.0594 e. The molecule has 90 valence electrons. The average Bonchev–Trinajstić information content (AvgIpc) is 2.30. The predicted octanol–water partition coefficient (Wildman–Crippen LogP) is 2.93. The van der Waals surface area contributed by atoms with E-state index in [9.17, 15) is 0 Å². The molecule has 1 rings (SSSR count). The molecule has 0 aromatic carbocycles. The Labute approximate surface area is 95.0 Å². The van der Waals surface area contributed by atoms with Crippen molar-refractivity contribution in [1.82, 2.24) is 4.90 Å². The Hall–Kier alpha value is -0.0800. The first kappa shape index (κ1) is 13.0. The van der Waals surface area contributed by atoms with Crippen LogP contribution in [0.15, 0.2) is 0 Å². The molecule has 0 aliphatic carbocycles. The fourth-order valence-corrected chi connectivity index (χ4v) is 2.16. The summed E-state index contributed by atoms with van der Waals surface area (Å²) in [5.74, 6) is 0. The summed E-state index contributed by atoms with van der Waals surface area (Å²) in [7, 11) is 0. The molecule has 0 spiro atoms. The van der Waals surface area contributed by atoms with Crippen molar-refractivity contribution in [2.24, 2.45) is 5.41 Å². The summed E-state index contributed by atoms with van der Waals surface area (Å²) < 4.78 is 5.35. The van der Waals surface area contributed by atoms with E-state index in [1.807, 2.05) is 0 Å². The van der Waals surface area contributed by atoms with E-state index in [0.29, 0.717) is 5.41 Å². The molecule has 0 N–H and O–H groups in total. The first-order valence-electron chi connectivity index (χ1n) is 6.50. The number of hydrogen-bond acceptors (Lipinski definition) is 2. The average molecular weight is 213 g/mol. The van der Waals surface area contributed by atoms with Gasteiger partial charge in [0.05, 0.1) is 13.2 Å². The van der Waals surface area contributed by atoms with E-state index in [2.05, 4.69) is 25.7 Å². The fourth-order valence-electron chi connectivity index (χ4n) is 2.16. The van der Waals surface area contributed by atoms with Crippen LogP contribution in [0.1, 0.15) is 46.5 Å². The summed E-state index contributed by atoms with van der Waals surface area (Å²) in [6.45, 7) is 12.4. The predicted molar refractivity (Wildman–Crippen MR) is 65.2 cm³/mol. The Bertz CT molecular complexity index is 160. The van der Waals surface area contributed by atoms with Gasteiger partial charge in [-0.15, -0.1) is 0 Å². The van der Waals surface area contributed by atoms with E-state index >= 15 is 0 Å². The minimum atomic E-state index is 0.576. The molecule has 2 nitrogen and oxygen atoms in total. The van der Waals surface area contributed by atoms with Crippen LogP contribution < -0.4 is 0 Å². The number of rotatable bonds is 6. The zero-order chi connectivity index (χ0) is 11.1. The van der Waals surface area contributed by atoms with Crippen LogP contribution in [-0.4, -0.2) is 37.7 Å². The van der Waals surface area contributed by atoms with Crippen molar-refractivity contribution in [3.8, 4) is 0 Å². The van der Waals surface area contributed by atoms with Crippen molar-refractivity contribution < 1.29 is 4.74 Å². The van der Waals surface area contributed by atoms with Gasteiger partial charge in [0.25, 0.3) is 0 Å². The molecule has 1 heterocycles. The molecule has 0 unspecified atom stereocenters. The SMILES string of the molecule is CCC(C)(CC)CCCN1CCOCC1. The van der Waals surface area contributed by atoms with Gasteiger partial charge in [-0.05, 0) is 24.8 Å². The van der Waals surface area contributed by atoms with Gasteiger partial charge in [0.15, 0.2) is 0 Å². The number of hydrogen-bond donors (Lipinski definition) is 0. The Morgan fingerprint density at radius 1 is 1.13 bits per heavy atom. The fraction of sp³-hybridized carbons (Fsp3) is 1.00. The van der Waals surface area contributed by atoms with Crippen molar-refractivity contribution in [2.75, 3.05) is 32.8 Å². The molecule has 0 saturated carbocycles. The second-order valence-corrected chi connectivity index (χ2v) is 5.08. The van der Waals surface area contributed by atoms with E-state index in [1.54, 1.807) is 0 Å². The maximum absolute atomic E-state index is 5.35. The van der Waals surface area contributed by atoms with E-state index in [1.165, 1.54) is 32.2 Å². The van der Waals surface area contributed by atoms with Gasteiger partial charge >= 0.3 is 0 Å². The normalized spacial score (nSPS) is 19.4. The summed E-state index contributed by atoms with van der Waals surface area (Å²) in [5, 5.41) is 0. The van der Waals surface area contributed by atoms with Crippen molar-refractivity contribution >= 4 is 0 Å². The van der Waals surface area contributed by atoms with Crippen LogP contribution in [0.25, 0.3) is 0 Å². The van der Waals surface area contributed by atoms with Crippen molar-refractivity contribution in [2.45, 2.75) is 46.5 Å². The van der Waals surface area contributed by atoms with Crippen molar-refractivity contribution in [3.63, 3.8) is 0 Å². The third-order valence-electron chi connectivity index (χ3n) is 4.07. The Morgan fingerprint density at radius 3 is 2.27 bits per heavy atom. The van der Waals surface area contributed by atoms with E-state index in [0.717, 1.165) is 26.3 Å². The number of nitrogens with zero attached hydrogens (tertiary/aromatic N) is 1. The van der Waals surface area contributed by atoms with Crippen LogP contribution in [0.4, 0.5) is 0 Å². The lowest BCUT2D eigenvalue weighted by atomic mass is 9.80. The minimum Gasteiger partial charge on any atom is -0.379 e. The molecule has 1 aliphatic heterocycles. The largest absolute Gasteiger partial charge is 0.379 e. The van der Waals surface area contributed by atoms with Crippen molar-refractivity contribution in [3.05, 3.63) is 0 Å². The van der Waals surface area contributed by atoms with Gasteiger partial charge in [-0.2, -0.15) is 0 Å². The van der Waals surface area contributed by atoms with Gasteiger partial charge in [0.2, 0.25) is 0 Å². The minimum absolute atomic E-state index is 0.576. The van der Waals surface area contributed by atoms with Crippen LogP contribution in [0.3, 0.4) is 0 Å². The highest BCUT2D eigenvalue weighted by atomic mass is 16.5. The van der Waals surface area contributed by atoms with Gasteiger partial charge in [-0.3, -0.25) is 4.90 Å². The molecule has 2 heteroatoms. The van der Waals surface area contributed by atoms with Gasteiger partial charge < -0.3 is 4.74 Å². The molecule has 0 radical (unpaired) electrons. The molecule has 15 heavy (non-hydrogen) atoms. The number of ether oxygens (including phenoxy) is 1. The Kier molecular flexibility index (Phi) is 5.62. The first-order chi connectivity index (χ1) is 7.20. The summed E-state index contributed by atoms with van der Waals surface area (Å²) in [6.07, 6.45) is 5.34. The molecule has 1 aliphatic rings. The quantitative estimate of drug-likeness (QED) is 0.672. The second-order valence-electron chi connectivity index (χ2n) is 5.08. The zero-order valence-electron chi connectivity index (χ0n) is 10.7. The lowest BCUT2D eigenvalue weighted by Gasteiger charge is -2.30. The lowest BCUT2D eigenvalue weighted by molar-refractivity contribution is 0.0356. The lowest BCUT2D eigenvalue weighted by Crippen LogP contribution is -2.37. The highest BCUT2D eigenvalue weighted by Gasteiger charge is 2.19. The third kappa shape index (κ3) is 4.52. The Morgan fingerprint density at radius 2 is 1.73 bits per heavy atom. The van der Waals surface area contributed by atoms with Gasteiger partial charge in [-0.1, -0.05) is 33.6 Å². The van der Waals surface area contributed by atoms with Crippen LogP contribution in [0, 0.1) is 5.41 Å². The molecule has 0 aromatic heterocycles. The third-order valence-corrected chi connectivity index (χ3v) is 4.07. The zero-order valence-corrected chi connectivity index (χ0v) is 10.7. The van der Waals surface area contributed by atoms with Crippen LogP contribution in [-0.2, 0) is 4.74 Å². The van der Waals surface area contributed by atoms with Gasteiger partial charge in [0.1, 0.15) is 0 Å². The maximum Gasteiger partial charge on any atom is 0.0594 e. The molecule has 0 amide bonds. The van der Waals surface area contributed by atoms with E-state index < -0.39 is 0 Å². The van der Waals surface area contributed by atoms with Crippen LogP contribution >= 0.6 is 0 Å². The summed E-state index contributed by atoms with van der Waals surface area (Å²) >= 11 is 0. The topological polar surface area (TPSA) is 12.5 Å². The van der Waals surface area contributed by atoms with Gasteiger partial charge in [0, 0.05) is 13.1 Å². The molecule has 0 atom stereocenters. The summed E-state index contributed by atoms with van der Waals surface area (Å²) in [4.78, 5) is 2.54. The highest BCUT2D eigenvalue weighted by molar-refractivity contribution is 4.72. The summed E-state index contributed by atoms with van der Waals surface area (Å²) in [6, 6.07) is 0. The molecule has 0 aromatic rings. The maximum atomic E-state index is 5.35. The van der Waals surface area contributed by atoms with Gasteiger partial charge in [-0.25, -0.2) is 0 Å². The Balaban J connectivity index is 2.14. The molecule has 0 bridgehead atoms. The molecule has 1 saturated heterocycles. The first-order valence-corrected chi connectivity index (χ1v) is 6.50. The van der Waals surface area contributed by atoms with E-state index in [4.69, 9.17) is 4.74 Å². The number of morpholine rings is 1. The molecule has 1 fully saturated rings. The van der Waals surface area contributed by atoms with E-state index in [-0.39, 0.29) is 0 Å². The molecular formula is C13H27NO. The van der Waals surface area contributed by atoms with Crippen LogP contribution in [0.5, 0.6) is 0 Å². The van der Waals surface area contributed by atoms with Crippen LogP contribution in [0.2, 0.25) is 0 Å². The highest BCUT2D eigenvalue weighted by Crippen LogP contribution is 2.30. The summed E-state index contributed by atoms with van der Waals surface area (Å²) in [5.41, 5.74) is 0.576. The standard InChI is InChI=1S/C13H27NO/c1-4-13(3,5-2)7-6-8-14-9-11-15-12-10-14/h4-12H2,1-3H3. The molecular weight excluding hydrogens is 186 g/mol. The second kappa shape index (κ2) is 6.49. The monoisotopic (exact) mass is 213 g/mol. The van der Waals surface area contributed by atoms with Crippen molar-refractivity contribution in [1.29, 1.82) is 0 Å².